The van der Waals surface area contributed by atoms with Crippen LogP contribution in [0.3, 0.4) is 0 Å². The average Bonchev–Trinajstić information content (AvgIpc) is 2.48. The van der Waals surface area contributed by atoms with Crippen LogP contribution in [-0.4, -0.2) is 12.7 Å². The maximum absolute atomic E-state index is 12.4. The number of hydrogen-bond acceptors (Lipinski definition) is 2. The summed E-state index contributed by atoms with van der Waals surface area (Å²) in [7, 11) is 0. The average molecular weight is 309 g/mol. The minimum Gasteiger partial charge on any atom is -0.449 e. The van der Waals surface area contributed by atoms with Crippen molar-refractivity contribution in [1.82, 2.24) is 0 Å². The first-order valence-electron chi connectivity index (χ1n) is 6.60. The molecule has 2 aromatic rings. The summed E-state index contributed by atoms with van der Waals surface area (Å²) in [6.45, 7) is 0.191. The molecule has 0 spiro atoms. The van der Waals surface area contributed by atoms with Crippen molar-refractivity contribution < 1.29 is 22.7 Å². The maximum Gasteiger partial charge on any atom is 0.416 e. The highest BCUT2D eigenvalue weighted by Crippen LogP contribution is 2.29. The highest BCUT2D eigenvalue weighted by atomic mass is 19.4. The molecule has 22 heavy (non-hydrogen) atoms. The van der Waals surface area contributed by atoms with Crippen LogP contribution in [0.4, 0.5) is 23.7 Å². The Kier molecular flexibility index (Phi) is 5.04. The molecule has 0 aliphatic carbocycles. The number of carbonyl (C=O) groups is 1. The van der Waals surface area contributed by atoms with Crippen molar-refractivity contribution in [1.29, 1.82) is 0 Å². The molecule has 6 heteroatoms. The van der Waals surface area contributed by atoms with E-state index >= 15 is 0 Å². The van der Waals surface area contributed by atoms with Gasteiger partial charge < -0.3 is 4.74 Å². The number of halogens is 3. The summed E-state index contributed by atoms with van der Waals surface area (Å²) in [5.41, 5.74) is 0.512. The van der Waals surface area contributed by atoms with Gasteiger partial charge in [-0.25, -0.2) is 4.79 Å². The Morgan fingerprint density at radius 2 is 1.64 bits per heavy atom. The Balaban J connectivity index is 1.79. The van der Waals surface area contributed by atoms with Gasteiger partial charge >= 0.3 is 12.3 Å². The fourth-order valence-electron chi connectivity index (χ4n) is 1.80. The minimum atomic E-state index is -4.39. The Hall–Kier alpha value is -2.50. The second-order valence-electron chi connectivity index (χ2n) is 4.57. The fraction of sp³-hybridized carbons (Fsp3) is 0.188. The van der Waals surface area contributed by atoms with Crippen molar-refractivity contribution in [3.63, 3.8) is 0 Å². The largest absolute Gasteiger partial charge is 0.449 e. The minimum absolute atomic E-state index is 0.191. The van der Waals surface area contributed by atoms with Crippen LogP contribution in [0, 0.1) is 0 Å². The number of amides is 1. The summed E-state index contributed by atoms with van der Waals surface area (Å²) in [6.07, 6.45) is -4.52. The molecule has 3 nitrogen and oxygen atoms in total. The van der Waals surface area contributed by atoms with Crippen LogP contribution in [0.25, 0.3) is 0 Å². The summed E-state index contributed by atoms with van der Waals surface area (Å²) < 4.78 is 42.2. The molecule has 0 unspecified atom stereocenters. The molecule has 1 N–H and O–H groups in total. The predicted octanol–water partition coefficient (Wildman–Crippen LogP) is 4.50. The topological polar surface area (TPSA) is 38.3 Å². The Morgan fingerprint density at radius 3 is 2.23 bits per heavy atom. The number of carbonyl (C=O) groups excluding carboxylic acids is 1. The second kappa shape index (κ2) is 6.98. The molecule has 0 aliphatic rings. The SMILES string of the molecule is O=C(Nc1ccc(C(F)(F)F)cc1)OCCc1ccccc1. The number of anilines is 1. The van der Waals surface area contributed by atoms with Gasteiger partial charge in [-0.2, -0.15) is 13.2 Å². The van der Waals surface area contributed by atoms with Gasteiger partial charge in [0.15, 0.2) is 0 Å². The molecule has 0 atom stereocenters. The van der Waals surface area contributed by atoms with E-state index in [1.165, 1.54) is 12.1 Å². The molecule has 0 radical (unpaired) electrons. The first-order chi connectivity index (χ1) is 10.4. The summed E-state index contributed by atoms with van der Waals surface area (Å²) in [5.74, 6) is 0. The Morgan fingerprint density at radius 1 is 1.00 bits per heavy atom. The van der Waals surface area contributed by atoms with Crippen molar-refractivity contribution in [3.8, 4) is 0 Å². The normalized spacial score (nSPS) is 11.0. The van der Waals surface area contributed by atoms with Crippen LogP contribution in [0.1, 0.15) is 11.1 Å². The maximum atomic E-state index is 12.4. The number of hydrogen-bond donors (Lipinski definition) is 1. The first-order valence-corrected chi connectivity index (χ1v) is 6.60. The Labute approximate surface area is 125 Å². The van der Waals surface area contributed by atoms with Crippen LogP contribution in [0.5, 0.6) is 0 Å². The number of benzene rings is 2. The van der Waals surface area contributed by atoms with Crippen molar-refractivity contribution in [2.24, 2.45) is 0 Å². The van der Waals surface area contributed by atoms with Gasteiger partial charge in [-0.3, -0.25) is 5.32 Å². The zero-order chi connectivity index (χ0) is 16.0. The van der Waals surface area contributed by atoms with Gasteiger partial charge in [0, 0.05) is 12.1 Å². The zero-order valence-electron chi connectivity index (χ0n) is 11.6. The van der Waals surface area contributed by atoms with Gasteiger partial charge in [0.05, 0.1) is 12.2 Å². The first kappa shape index (κ1) is 15.9. The van der Waals surface area contributed by atoms with Crippen molar-refractivity contribution >= 4 is 11.8 Å². The molecule has 2 rings (SSSR count). The van der Waals surface area contributed by atoms with Gasteiger partial charge in [0.1, 0.15) is 0 Å². The summed E-state index contributed by atoms with van der Waals surface area (Å²) in [5, 5.41) is 2.38. The molecule has 0 fully saturated rings. The fourth-order valence-corrected chi connectivity index (χ4v) is 1.80. The number of ether oxygens (including phenoxy) is 1. The van der Waals surface area contributed by atoms with Crippen molar-refractivity contribution in [3.05, 3.63) is 65.7 Å². The highest BCUT2D eigenvalue weighted by Gasteiger charge is 2.29. The van der Waals surface area contributed by atoms with Gasteiger partial charge in [-0.15, -0.1) is 0 Å². The van der Waals surface area contributed by atoms with E-state index in [9.17, 15) is 18.0 Å². The number of rotatable bonds is 4. The molecular formula is C16H14F3NO2. The number of nitrogens with one attached hydrogen (secondary N) is 1. The summed E-state index contributed by atoms with van der Waals surface area (Å²) >= 11 is 0. The standard InChI is InChI=1S/C16H14F3NO2/c17-16(18,19)13-6-8-14(9-7-13)20-15(21)22-11-10-12-4-2-1-3-5-12/h1-9H,10-11H2,(H,20,21). The van der Waals surface area contributed by atoms with Crippen molar-refractivity contribution in [2.75, 3.05) is 11.9 Å². The lowest BCUT2D eigenvalue weighted by atomic mass is 10.2. The molecule has 0 saturated heterocycles. The molecular weight excluding hydrogens is 295 g/mol. The highest BCUT2D eigenvalue weighted by molar-refractivity contribution is 5.84. The van der Waals surface area contributed by atoms with Crippen molar-refractivity contribution in [2.45, 2.75) is 12.6 Å². The lowest BCUT2D eigenvalue weighted by molar-refractivity contribution is -0.137. The Bertz CT molecular complexity index is 610. The molecule has 0 aliphatic heterocycles. The van der Waals surface area contributed by atoms with E-state index in [1.807, 2.05) is 30.3 Å². The van der Waals surface area contributed by atoms with E-state index in [1.54, 1.807) is 0 Å². The van der Waals surface area contributed by atoms with Gasteiger partial charge in [0.2, 0.25) is 0 Å². The third kappa shape index (κ3) is 4.80. The molecule has 2 aromatic carbocycles. The summed E-state index contributed by atoms with van der Waals surface area (Å²) in [6, 6.07) is 13.7. The third-order valence-corrected chi connectivity index (χ3v) is 2.93. The van der Waals surface area contributed by atoms with E-state index in [-0.39, 0.29) is 12.3 Å². The lowest BCUT2D eigenvalue weighted by Gasteiger charge is -2.09. The lowest BCUT2D eigenvalue weighted by Crippen LogP contribution is -2.15. The van der Waals surface area contributed by atoms with E-state index in [2.05, 4.69) is 5.32 Å². The molecule has 0 bridgehead atoms. The molecule has 116 valence electrons. The van der Waals surface area contributed by atoms with Gasteiger partial charge in [-0.1, -0.05) is 30.3 Å². The van der Waals surface area contributed by atoms with E-state index < -0.39 is 17.8 Å². The molecule has 0 aromatic heterocycles. The number of alkyl halides is 3. The van der Waals surface area contributed by atoms with Crippen LogP contribution < -0.4 is 5.32 Å². The van der Waals surface area contributed by atoms with E-state index in [0.717, 1.165) is 17.7 Å². The van der Waals surface area contributed by atoms with E-state index in [4.69, 9.17) is 4.74 Å². The van der Waals surface area contributed by atoms with Crippen LogP contribution in [-0.2, 0) is 17.3 Å². The second-order valence-corrected chi connectivity index (χ2v) is 4.57. The van der Waals surface area contributed by atoms with Gasteiger partial charge in [-0.05, 0) is 29.8 Å². The quantitative estimate of drug-likeness (QED) is 0.903. The molecule has 0 saturated carbocycles. The monoisotopic (exact) mass is 309 g/mol. The smallest absolute Gasteiger partial charge is 0.416 e. The zero-order valence-corrected chi connectivity index (χ0v) is 11.6. The van der Waals surface area contributed by atoms with Crippen LogP contribution >= 0.6 is 0 Å². The molecule has 1 amide bonds. The van der Waals surface area contributed by atoms with Crippen LogP contribution in [0.2, 0.25) is 0 Å². The third-order valence-electron chi connectivity index (χ3n) is 2.93. The van der Waals surface area contributed by atoms with Crippen LogP contribution in [0.15, 0.2) is 54.6 Å². The molecule has 0 heterocycles. The summed E-state index contributed by atoms with van der Waals surface area (Å²) in [4.78, 5) is 11.5. The van der Waals surface area contributed by atoms with Gasteiger partial charge in [0.25, 0.3) is 0 Å². The van der Waals surface area contributed by atoms with E-state index in [0.29, 0.717) is 6.42 Å². The predicted molar refractivity (Wildman–Crippen MR) is 76.6 cm³/mol.